The molecule has 0 aliphatic rings. The summed E-state index contributed by atoms with van der Waals surface area (Å²) in [6.07, 6.45) is -0.283. The first-order valence-corrected chi connectivity index (χ1v) is 11.0. The van der Waals surface area contributed by atoms with Crippen LogP contribution in [0.15, 0.2) is 61.2 Å². The number of esters is 1. The summed E-state index contributed by atoms with van der Waals surface area (Å²) in [6, 6.07) is 9.09. The van der Waals surface area contributed by atoms with Crippen molar-refractivity contribution in [3.63, 3.8) is 0 Å². The van der Waals surface area contributed by atoms with Crippen LogP contribution in [0.25, 0.3) is 22.4 Å². The molecule has 0 atom stereocenters. The molecule has 1 N–H and O–H groups in total. The number of ether oxygens (including phenoxy) is 1. The predicted octanol–water partition coefficient (Wildman–Crippen LogP) is 4.11. The lowest BCUT2D eigenvalue weighted by atomic mass is 10.1. The molecule has 0 aliphatic carbocycles. The van der Waals surface area contributed by atoms with Crippen LogP contribution in [-0.4, -0.2) is 53.7 Å². The molecule has 1 aromatic carbocycles. The van der Waals surface area contributed by atoms with Gasteiger partial charge in [-0.1, -0.05) is 17.7 Å². The number of hydrogen-bond donors (Lipinski definition) is 1. The van der Waals surface area contributed by atoms with Crippen molar-refractivity contribution in [3.05, 3.63) is 83.2 Å². The third kappa shape index (κ3) is 4.52. The van der Waals surface area contributed by atoms with Crippen LogP contribution in [0.1, 0.15) is 26.5 Å². The minimum Gasteiger partial charge on any atom is -0.464 e. The van der Waals surface area contributed by atoms with Gasteiger partial charge in [-0.05, 0) is 30.3 Å². The number of hydrogen-bond acceptors (Lipinski definition) is 8. The van der Waals surface area contributed by atoms with E-state index in [2.05, 4.69) is 35.3 Å². The number of nitrogens with zero attached hydrogens (tertiary/aromatic N) is 7. The number of benzene rings is 1. The standard InChI is InChI=1S/C23H14ClF3N8O3/c1-38-22(37)17-11-31-35(33-17)20-15(24)8-12(9-29-20)32-21(36)14-10-30-34(19(14)23(25,26)27)18-6-2-5-16-13(18)4-3-7-28-16/h2-11H,1H3,(H,32,36). The molecule has 4 aromatic heterocycles. The second-order valence-electron chi connectivity index (χ2n) is 7.66. The Kier molecular flexibility index (Phi) is 6.24. The molecular weight excluding hydrogens is 529 g/mol. The number of carbonyl (C=O) groups is 2. The second kappa shape index (κ2) is 9.55. The van der Waals surface area contributed by atoms with Gasteiger partial charge in [0.25, 0.3) is 5.91 Å². The van der Waals surface area contributed by atoms with Crippen LogP contribution in [0.2, 0.25) is 5.02 Å². The van der Waals surface area contributed by atoms with Gasteiger partial charge in [0, 0.05) is 11.6 Å². The molecule has 0 aliphatic heterocycles. The van der Waals surface area contributed by atoms with Crippen molar-refractivity contribution < 1.29 is 27.5 Å². The van der Waals surface area contributed by atoms with Gasteiger partial charge in [0.1, 0.15) is 0 Å². The summed E-state index contributed by atoms with van der Waals surface area (Å²) >= 11 is 6.23. The molecule has 0 bridgehead atoms. The van der Waals surface area contributed by atoms with Crippen LogP contribution < -0.4 is 5.32 Å². The molecule has 0 radical (unpaired) electrons. The third-order valence-electron chi connectivity index (χ3n) is 5.29. The number of anilines is 1. The minimum atomic E-state index is -4.92. The number of fused-ring (bicyclic) bond motifs is 1. The van der Waals surface area contributed by atoms with Gasteiger partial charge in [0.05, 0.1) is 53.2 Å². The number of rotatable bonds is 5. The Morgan fingerprint density at radius 1 is 1.05 bits per heavy atom. The Bertz CT molecular complexity index is 1690. The quantitative estimate of drug-likeness (QED) is 0.328. The molecule has 0 unspecified atom stereocenters. The maximum Gasteiger partial charge on any atom is 0.434 e. The predicted molar refractivity (Wildman–Crippen MR) is 127 cm³/mol. The molecule has 5 rings (SSSR count). The van der Waals surface area contributed by atoms with Crippen molar-refractivity contribution in [3.8, 4) is 11.5 Å². The molecule has 11 nitrogen and oxygen atoms in total. The first-order chi connectivity index (χ1) is 18.2. The molecule has 0 fully saturated rings. The second-order valence-corrected chi connectivity index (χ2v) is 8.07. The van der Waals surface area contributed by atoms with E-state index in [0.717, 1.165) is 23.4 Å². The number of pyridine rings is 2. The molecule has 1 amide bonds. The lowest BCUT2D eigenvalue weighted by Crippen LogP contribution is -2.21. The van der Waals surface area contributed by atoms with Crippen LogP contribution >= 0.6 is 11.6 Å². The first kappa shape index (κ1) is 24.8. The Balaban J connectivity index is 1.47. The fraction of sp³-hybridized carbons (Fsp3) is 0.0870. The van der Waals surface area contributed by atoms with E-state index in [-0.39, 0.29) is 27.9 Å². The highest BCUT2D eigenvalue weighted by atomic mass is 35.5. The van der Waals surface area contributed by atoms with Crippen molar-refractivity contribution in [1.29, 1.82) is 0 Å². The highest BCUT2D eigenvalue weighted by molar-refractivity contribution is 6.32. The fourth-order valence-corrected chi connectivity index (χ4v) is 3.89. The molecular formula is C23H14ClF3N8O3. The van der Waals surface area contributed by atoms with E-state index >= 15 is 0 Å². The Hall–Kier alpha value is -4.85. The number of nitrogens with one attached hydrogen (secondary N) is 1. The summed E-state index contributed by atoms with van der Waals surface area (Å²) in [4.78, 5) is 33.7. The average molecular weight is 543 g/mol. The van der Waals surface area contributed by atoms with Gasteiger partial charge in [-0.25, -0.2) is 14.5 Å². The number of carbonyl (C=O) groups excluding carboxylic acids is 2. The summed E-state index contributed by atoms with van der Waals surface area (Å²) in [5, 5.41) is 14.4. The number of halogens is 4. The molecule has 15 heteroatoms. The minimum absolute atomic E-state index is 0.000618. The number of methoxy groups -OCH3 is 1. The Morgan fingerprint density at radius 3 is 2.61 bits per heavy atom. The van der Waals surface area contributed by atoms with Gasteiger partial charge in [-0.15, -0.1) is 9.90 Å². The van der Waals surface area contributed by atoms with Crippen LogP contribution in [0, 0.1) is 0 Å². The monoisotopic (exact) mass is 542 g/mol. The van der Waals surface area contributed by atoms with E-state index in [9.17, 15) is 22.8 Å². The van der Waals surface area contributed by atoms with Gasteiger partial charge in [-0.2, -0.15) is 23.4 Å². The third-order valence-corrected chi connectivity index (χ3v) is 5.57. The van der Waals surface area contributed by atoms with E-state index < -0.39 is 29.3 Å². The summed E-state index contributed by atoms with van der Waals surface area (Å²) in [7, 11) is 1.18. The largest absolute Gasteiger partial charge is 0.464 e. The summed E-state index contributed by atoms with van der Waals surface area (Å²) in [6.45, 7) is 0. The lowest BCUT2D eigenvalue weighted by molar-refractivity contribution is -0.143. The average Bonchev–Trinajstić information content (AvgIpc) is 3.56. The van der Waals surface area contributed by atoms with Gasteiger partial charge < -0.3 is 10.1 Å². The highest BCUT2D eigenvalue weighted by Gasteiger charge is 2.41. The van der Waals surface area contributed by atoms with E-state index in [1.54, 1.807) is 24.3 Å². The van der Waals surface area contributed by atoms with E-state index in [0.29, 0.717) is 15.6 Å². The van der Waals surface area contributed by atoms with Crippen LogP contribution in [0.5, 0.6) is 0 Å². The normalized spacial score (nSPS) is 11.5. The van der Waals surface area contributed by atoms with Gasteiger partial charge in [0.2, 0.25) is 0 Å². The molecule has 0 saturated heterocycles. The topological polar surface area (TPSA) is 130 Å². The van der Waals surface area contributed by atoms with Crippen LogP contribution in [-0.2, 0) is 10.9 Å². The molecule has 4 heterocycles. The summed E-state index contributed by atoms with van der Waals surface area (Å²) < 4.78 is 47.8. The SMILES string of the molecule is COC(=O)c1cnn(-c2ncc(NC(=O)c3cnn(-c4cccc5ncccc45)c3C(F)(F)F)cc2Cl)n1. The van der Waals surface area contributed by atoms with Crippen molar-refractivity contribution in [2.45, 2.75) is 6.18 Å². The van der Waals surface area contributed by atoms with Crippen molar-refractivity contribution in [2.24, 2.45) is 0 Å². The number of alkyl halides is 3. The van der Waals surface area contributed by atoms with Crippen molar-refractivity contribution in [2.75, 3.05) is 12.4 Å². The fourth-order valence-electron chi connectivity index (χ4n) is 3.65. The zero-order valence-corrected chi connectivity index (χ0v) is 19.9. The van der Waals surface area contributed by atoms with Crippen molar-refractivity contribution in [1.82, 2.24) is 34.7 Å². The molecule has 192 valence electrons. The van der Waals surface area contributed by atoms with E-state index in [1.165, 1.54) is 25.4 Å². The zero-order chi connectivity index (χ0) is 27.0. The van der Waals surface area contributed by atoms with Gasteiger partial charge in [-0.3, -0.25) is 9.78 Å². The van der Waals surface area contributed by atoms with Gasteiger partial charge >= 0.3 is 12.1 Å². The Morgan fingerprint density at radius 2 is 1.87 bits per heavy atom. The maximum atomic E-state index is 14.2. The van der Waals surface area contributed by atoms with E-state index in [1.807, 2.05) is 0 Å². The van der Waals surface area contributed by atoms with Gasteiger partial charge in [0.15, 0.2) is 17.2 Å². The number of amides is 1. The molecule has 0 saturated carbocycles. The van der Waals surface area contributed by atoms with Crippen LogP contribution in [0.4, 0.5) is 18.9 Å². The summed E-state index contributed by atoms with van der Waals surface area (Å²) in [5.41, 5.74) is -1.51. The molecule has 0 spiro atoms. The van der Waals surface area contributed by atoms with Crippen LogP contribution in [0.3, 0.4) is 0 Å². The van der Waals surface area contributed by atoms with E-state index in [4.69, 9.17) is 11.6 Å². The lowest BCUT2D eigenvalue weighted by Gasteiger charge is -2.14. The highest BCUT2D eigenvalue weighted by Crippen LogP contribution is 2.35. The summed E-state index contributed by atoms with van der Waals surface area (Å²) in [5.74, 6) is -1.80. The Labute approximate surface area is 215 Å². The first-order valence-electron chi connectivity index (χ1n) is 10.6. The molecule has 38 heavy (non-hydrogen) atoms. The van der Waals surface area contributed by atoms with Crippen molar-refractivity contribution >= 4 is 40.1 Å². The number of aromatic nitrogens is 7. The molecule has 5 aromatic rings. The zero-order valence-electron chi connectivity index (χ0n) is 19.1. The smallest absolute Gasteiger partial charge is 0.434 e. The maximum absolute atomic E-state index is 14.2.